The monoisotopic (exact) mass is 266 g/mol. The average molecular weight is 266 g/mol. The number of hydrogen-bond acceptors (Lipinski definition) is 2. The summed E-state index contributed by atoms with van der Waals surface area (Å²) in [5, 5.41) is 3.78. The molecule has 0 bridgehead atoms. The van der Waals surface area contributed by atoms with Gasteiger partial charge in [-0.05, 0) is 25.2 Å². The van der Waals surface area contributed by atoms with E-state index in [9.17, 15) is 0 Å². The molecule has 1 fully saturated rings. The molecule has 19 heavy (non-hydrogen) atoms. The molecule has 0 saturated carbocycles. The maximum Gasteiger partial charge on any atom is 0.0273 e. The van der Waals surface area contributed by atoms with Gasteiger partial charge < -0.3 is 5.32 Å². The predicted molar refractivity (Wildman–Crippen MR) is 85.5 cm³/mol. The molecule has 1 rings (SSSR count). The Labute approximate surface area is 120 Å². The minimum Gasteiger partial charge on any atom is -0.311 e. The summed E-state index contributed by atoms with van der Waals surface area (Å²) in [7, 11) is 0. The highest BCUT2D eigenvalue weighted by molar-refractivity contribution is 5.00. The fraction of sp³-hybridized carbons (Fsp3) is 0.882. The van der Waals surface area contributed by atoms with E-state index in [2.05, 4.69) is 64.8 Å². The highest BCUT2D eigenvalue weighted by atomic mass is 15.2. The average Bonchev–Trinajstić information content (AvgIpc) is 2.33. The van der Waals surface area contributed by atoms with E-state index < -0.39 is 0 Å². The second-order valence-electron chi connectivity index (χ2n) is 7.52. The van der Waals surface area contributed by atoms with Crippen molar-refractivity contribution in [3.63, 3.8) is 0 Å². The Morgan fingerprint density at radius 3 is 2.47 bits per heavy atom. The number of hydrogen-bond donors (Lipinski definition) is 1. The first kappa shape index (κ1) is 16.7. The van der Waals surface area contributed by atoms with Gasteiger partial charge in [0.15, 0.2) is 0 Å². The van der Waals surface area contributed by atoms with Gasteiger partial charge in [-0.25, -0.2) is 0 Å². The molecule has 3 atom stereocenters. The van der Waals surface area contributed by atoms with E-state index >= 15 is 0 Å². The molecule has 0 aromatic rings. The Balaban J connectivity index is 2.77. The zero-order valence-corrected chi connectivity index (χ0v) is 14.1. The topological polar surface area (TPSA) is 15.3 Å². The van der Waals surface area contributed by atoms with Crippen LogP contribution < -0.4 is 5.32 Å². The molecule has 0 aliphatic carbocycles. The molecule has 2 heteroatoms. The quantitative estimate of drug-likeness (QED) is 0.781. The minimum absolute atomic E-state index is 0.336. The van der Waals surface area contributed by atoms with Crippen molar-refractivity contribution >= 4 is 0 Å². The van der Waals surface area contributed by atoms with Crippen LogP contribution in [-0.2, 0) is 0 Å². The highest BCUT2D eigenvalue weighted by Gasteiger charge is 2.35. The van der Waals surface area contributed by atoms with Gasteiger partial charge in [-0.1, -0.05) is 52.7 Å². The van der Waals surface area contributed by atoms with Crippen molar-refractivity contribution in [3.05, 3.63) is 11.6 Å². The lowest BCUT2D eigenvalue weighted by Crippen LogP contribution is -2.61. The molecule has 1 heterocycles. The van der Waals surface area contributed by atoms with E-state index in [1.807, 2.05) is 0 Å². The molecular formula is C17H34N2. The zero-order valence-electron chi connectivity index (χ0n) is 14.1. The first-order valence-electron chi connectivity index (χ1n) is 7.86. The summed E-state index contributed by atoms with van der Waals surface area (Å²) in [4.78, 5) is 2.68. The van der Waals surface area contributed by atoms with Gasteiger partial charge in [0.2, 0.25) is 0 Å². The molecule has 1 aliphatic rings. The Kier molecular flexibility index (Phi) is 6.07. The van der Waals surface area contributed by atoms with Gasteiger partial charge in [-0.15, -0.1) is 0 Å². The fourth-order valence-electron chi connectivity index (χ4n) is 2.86. The standard InChI is InChI=1S/C17H34N2/c1-8-14(4)15-12-19(10-9-13(2)3)16(11-18-15)17(5,6)7/h9,14-16,18H,8,10-12H2,1-7H3. The molecule has 0 amide bonds. The lowest BCUT2D eigenvalue weighted by atomic mass is 9.82. The lowest BCUT2D eigenvalue weighted by Gasteiger charge is -2.47. The van der Waals surface area contributed by atoms with Crippen LogP contribution in [0.4, 0.5) is 0 Å². The van der Waals surface area contributed by atoms with Crippen molar-refractivity contribution in [2.75, 3.05) is 19.6 Å². The number of nitrogens with zero attached hydrogens (tertiary/aromatic N) is 1. The molecule has 0 aromatic heterocycles. The van der Waals surface area contributed by atoms with Crippen LogP contribution >= 0.6 is 0 Å². The van der Waals surface area contributed by atoms with Crippen molar-refractivity contribution in [2.45, 2.75) is 67.0 Å². The normalized spacial score (nSPS) is 27.1. The first-order valence-corrected chi connectivity index (χ1v) is 7.86. The summed E-state index contributed by atoms with van der Waals surface area (Å²) in [5.41, 5.74) is 1.76. The lowest BCUT2D eigenvalue weighted by molar-refractivity contribution is 0.0534. The number of rotatable bonds is 4. The molecule has 1 saturated heterocycles. The van der Waals surface area contributed by atoms with Crippen LogP contribution in [0.1, 0.15) is 54.9 Å². The number of nitrogens with one attached hydrogen (secondary N) is 1. The Bertz CT molecular complexity index is 297. The van der Waals surface area contributed by atoms with Crippen LogP contribution in [0.25, 0.3) is 0 Å². The molecule has 0 aromatic carbocycles. The Morgan fingerprint density at radius 1 is 1.37 bits per heavy atom. The molecule has 3 unspecified atom stereocenters. The third-order valence-corrected chi connectivity index (χ3v) is 4.51. The third-order valence-electron chi connectivity index (χ3n) is 4.51. The summed E-state index contributed by atoms with van der Waals surface area (Å²) < 4.78 is 0. The van der Waals surface area contributed by atoms with Gasteiger partial charge in [0, 0.05) is 31.7 Å². The van der Waals surface area contributed by atoms with E-state index in [4.69, 9.17) is 0 Å². The molecule has 1 N–H and O–H groups in total. The molecule has 0 radical (unpaired) electrons. The molecule has 2 nitrogen and oxygen atoms in total. The maximum atomic E-state index is 3.78. The van der Waals surface area contributed by atoms with Gasteiger partial charge in [0.05, 0.1) is 0 Å². The van der Waals surface area contributed by atoms with Crippen molar-refractivity contribution in [2.24, 2.45) is 11.3 Å². The van der Waals surface area contributed by atoms with Crippen LogP contribution in [-0.4, -0.2) is 36.6 Å². The van der Waals surface area contributed by atoms with Crippen LogP contribution in [0, 0.1) is 11.3 Å². The van der Waals surface area contributed by atoms with Crippen molar-refractivity contribution in [1.29, 1.82) is 0 Å². The minimum atomic E-state index is 0.336. The smallest absolute Gasteiger partial charge is 0.0273 e. The number of piperazine rings is 1. The maximum absolute atomic E-state index is 3.78. The Morgan fingerprint density at radius 2 is 2.00 bits per heavy atom. The summed E-state index contributed by atoms with van der Waals surface area (Å²) in [6.45, 7) is 19.5. The summed E-state index contributed by atoms with van der Waals surface area (Å²) in [6.07, 6.45) is 3.63. The van der Waals surface area contributed by atoms with Gasteiger partial charge in [0.25, 0.3) is 0 Å². The molecule has 0 spiro atoms. The van der Waals surface area contributed by atoms with Gasteiger partial charge in [-0.2, -0.15) is 0 Å². The van der Waals surface area contributed by atoms with Crippen LogP contribution in [0.2, 0.25) is 0 Å². The van der Waals surface area contributed by atoms with E-state index in [0.717, 1.165) is 19.0 Å². The summed E-state index contributed by atoms with van der Waals surface area (Å²) >= 11 is 0. The fourth-order valence-corrected chi connectivity index (χ4v) is 2.86. The van der Waals surface area contributed by atoms with Gasteiger partial charge in [0.1, 0.15) is 0 Å². The zero-order chi connectivity index (χ0) is 14.6. The molecule has 112 valence electrons. The predicted octanol–water partition coefficient (Wildman–Crippen LogP) is 3.69. The van der Waals surface area contributed by atoms with Crippen LogP contribution in [0.5, 0.6) is 0 Å². The third kappa shape index (κ3) is 4.92. The number of allylic oxidation sites excluding steroid dienone is 1. The van der Waals surface area contributed by atoms with Crippen molar-refractivity contribution in [1.82, 2.24) is 10.2 Å². The van der Waals surface area contributed by atoms with E-state index in [1.165, 1.54) is 18.5 Å². The highest BCUT2D eigenvalue weighted by Crippen LogP contribution is 2.28. The second kappa shape index (κ2) is 6.90. The molecular weight excluding hydrogens is 232 g/mol. The molecule has 1 aliphatic heterocycles. The Hall–Kier alpha value is -0.340. The second-order valence-corrected chi connectivity index (χ2v) is 7.52. The van der Waals surface area contributed by atoms with Gasteiger partial charge in [-0.3, -0.25) is 4.90 Å². The largest absolute Gasteiger partial charge is 0.311 e. The van der Waals surface area contributed by atoms with E-state index in [-0.39, 0.29) is 0 Å². The van der Waals surface area contributed by atoms with Crippen molar-refractivity contribution in [3.8, 4) is 0 Å². The van der Waals surface area contributed by atoms with Crippen molar-refractivity contribution < 1.29 is 0 Å². The van der Waals surface area contributed by atoms with E-state index in [1.54, 1.807) is 0 Å². The SMILES string of the molecule is CCC(C)C1CN(CC=C(C)C)C(C(C)(C)C)CN1. The van der Waals surface area contributed by atoms with Crippen LogP contribution in [0.15, 0.2) is 11.6 Å². The summed E-state index contributed by atoms with van der Waals surface area (Å²) in [6, 6.07) is 1.28. The van der Waals surface area contributed by atoms with Crippen LogP contribution in [0.3, 0.4) is 0 Å². The summed E-state index contributed by atoms with van der Waals surface area (Å²) in [5.74, 6) is 0.759. The van der Waals surface area contributed by atoms with Gasteiger partial charge >= 0.3 is 0 Å². The first-order chi connectivity index (χ1) is 8.75. The van der Waals surface area contributed by atoms with E-state index in [0.29, 0.717) is 17.5 Å².